The highest BCUT2D eigenvalue weighted by Crippen LogP contribution is 2.36. The van der Waals surface area contributed by atoms with Crippen LogP contribution < -0.4 is 10.6 Å². The first-order valence-electron chi connectivity index (χ1n) is 8.11. The summed E-state index contributed by atoms with van der Waals surface area (Å²) < 4.78 is 0. The Hall–Kier alpha value is -1.06. The second kappa shape index (κ2) is 4.99. The molecule has 1 saturated heterocycles. The van der Waals surface area contributed by atoms with Gasteiger partial charge in [0, 0.05) is 23.2 Å². The van der Waals surface area contributed by atoms with Gasteiger partial charge in [-0.3, -0.25) is 0 Å². The Labute approximate surface area is 128 Å². The molecular weight excluding hydrogens is 260 g/mol. The van der Waals surface area contributed by atoms with Crippen molar-refractivity contribution >= 4 is 0 Å². The van der Waals surface area contributed by atoms with Crippen LogP contribution in [0, 0.1) is 0 Å². The molecule has 0 saturated carbocycles. The lowest BCUT2D eigenvalue weighted by Gasteiger charge is -2.47. The van der Waals surface area contributed by atoms with Gasteiger partial charge in [-0.25, -0.2) is 0 Å². The van der Waals surface area contributed by atoms with E-state index in [1.807, 2.05) is 12.1 Å². The molecule has 3 N–H and O–H groups in total. The summed E-state index contributed by atoms with van der Waals surface area (Å²) in [5.41, 5.74) is 3.04. The van der Waals surface area contributed by atoms with Crippen molar-refractivity contribution in [2.24, 2.45) is 0 Å². The van der Waals surface area contributed by atoms with Crippen LogP contribution in [0.4, 0.5) is 0 Å². The van der Waals surface area contributed by atoms with E-state index in [4.69, 9.17) is 0 Å². The number of fused-ring (bicyclic) bond motifs is 1. The summed E-state index contributed by atoms with van der Waals surface area (Å²) in [6.07, 6.45) is 4.52. The van der Waals surface area contributed by atoms with E-state index in [1.165, 1.54) is 11.1 Å². The van der Waals surface area contributed by atoms with Gasteiger partial charge in [0.25, 0.3) is 0 Å². The lowest BCUT2D eigenvalue weighted by Crippen LogP contribution is -2.61. The third-order valence-corrected chi connectivity index (χ3v) is 4.83. The summed E-state index contributed by atoms with van der Waals surface area (Å²) >= 11 is 0. The van der Waals surface area contributed by atoms with E-state index in [-0.39, 0.29) is 11.1 Å². The molecule has 1 aliphatic carbocycles. The Morgan fingerprint density at radius 1 is 1.14 bits per heavy atom. The SMILES string of the molecule is CC1(C)CC(NC2CCc3cc(O)ccc32)CC(C)(C)N1. The zero-order valence-corrected chi connectivity index (χ0v) is 13.7. The van der Waals surface area contributed by atoms with Crippen LogP contribution in [0.25, 0.3) is 0 Å². The highest BCUT2D eigenvalue weighted by molar-refractivity contribution is 5.40. The molecule has 0 radical (unpaired) electrons. The van der Waals surface area contributed by atoms with Gasteiger partial charge in [0.2, 0.25) is 0 Å². The van der Waals surface area contributed by atoms with Crippen LogP contribution in [0.15, 0.2) is 18.2 Å². The number of phenolic OH excluding ortho intramolecular Hbond substituents is 1. The topological polar surface area (TPSA) is 44.3 Å². The molecule has 116 valence electrons. The van der Waals surface area contributed by atoms with Gasteiger partial charge in [0.1, 0.15) is 5.75 Å². The first-order valence-corrected chi connectivity index (χ1v) is 8.11. The monoisotopic (exact) mass is 288 g/mol. The molecule has 3 nitrogen and oxygen atoms in total. The second-order valence-corrected chi connectivity index (χ2v) is 8.14. The summed E-state index contributed by atoms with van der Waals surface area (Å²) in [5.74, 6) is 0.388. The summed E-state index contributed by atoms with van der Waals surface area (Å²) in [6.45, 7) is 9.18. The quantitative estimate of drug-likeness (QED) is 0.782. The van der Waals surface area contributed by atoms with Crippen LogP contribution in [0.3, 0.4) is 0 Å². The van der Waals surface area contributed by atoms with Crippen molar-refractivity contribution in [1.29, 1.82) is 0 Å². The number of benzene rings is 1. The van der Waals surface area contributed by atoms with Crippen molar-refractivity contribution in [3.63, 3.8) is 0 Å². The van der Waals surface area contributed by atoms with E-state index in [9.17, 15) is 5.11 Å². The Kier molecular flexibility index (Phi) is 3.53. The van der Waals surface area contributed by atoms with Gasteiger partial charge >= 0.3 is 0 Å². The zero-order chi connectivity index (χ0) is 15.3. The third-order valence-electron chi connectivity index (χ3n) is 4.83. The van der Waals surface area contributed by atoms with Crippen molar-refractivity contribution in [3.05, 3.63) is 29.3 Å². The maximum absolute atomic E-state index is 9.61. The standard InChI is InChI=1S/C18H28N2O/c1-17(2)10-13(11-18(3,4)20-17)19-16-8-5-12-9-14(21)6-7-15(12)16/h6-7,9,13,16,19-21H,5,8,10-11H2,1-4H3. The minimum absolute atomic E-state index is 0.176. The summed E-state index contributed by atoms with van der Waals surface area (Å²) in [6, 6.07) is 6.81. The number of piperidine rings is 1. The van der Waals surface area contributed by atoms with E-state index in [1.54, 1.807) is 0 Å². The van der Waals surface area contributed by atoms with Crippen LogP contribution in [0.2, 0.25) is 0 Å². The molecule has 0 spiro atoms. The predicted molar refractivity (Wildman–Crippen MR) is 86.6 cm³/mol. The molecule has 2 aliphatic rings. The summed E-state index contributed by atoms with van der Waals surface area (Å²) in [5, 5.41) is 17.2. The Bertz CT molecular complexity index is 520. The normalized spacial score (nSPS) is 27.5. The number of aromatic hydroxyl groups is 1. The number of aryl methyl sites for hydroxylation is 1. The van der Waals surface area contributed by atoms with Gasteiger partial charge < -0.3 is 15.7 Å². The fourth-order valence-corrected chi connectivity index (χ4v) is 4.50. The molecule has 1 aromatic rings. The number of phenols is 1. The van der Waals surface area contributed by atoms with Gasteiger partial charge in [-0.1, -0.05) is 6.07 Å². The van der Waals surface area contributed by atoms with E-state index in [0.717, 1.165) is 25.7 Å². The first-order chi connectivity index (χ1) is 9.74. The van der Waals surface area contributed by atoms with Crippen LogP contribution in [-0.2, 0) is 6.42 Å². The first kappa shape index (κ1) is 14.9. The molecule has 1 unspecified atom stereocenters. The molecule has 3 heteroatoms. The Morgan fingerprint density at radius 3 is 2.48 bits per heavy atom. The molecule has 1 atom stereocenters. The number of rotatable bonds is 2. The molecule has 21 heavy (non-hydrogen) atoms. The van der Waals surface area contributed by atoms with E-state index in [0.29, 0.717) is 17.8 Å². The third kappa shape index (κ3) is 3.24. The summed E-state index contributed by atoms with van der Waals surface area (Å²) in [4.78, 5) is 0. The van der Waals surface area contributed by atoms with Crippen molar-refractivity contribution in [1.82, 2.24) is 10.6 Å². The fourth-order valence-electron chi connectivity index (χ4n) is 4.50. The molecule has 0 amide bonds. The van der Waals surface area contributed by atoms with Gasteiger partial charge in [-0.05, 0) is 76.6 Å². The highest BCUT2D eigenvalue weighted by atomic mass is 16.3. The maximum Gasteiger partial charge on any atom is 0.115 e. The molecule has 1 heterocycles. The van der Waals surface area contributed by atoms with E-state index < -0.39 is 0 Å². The van der Waals surface area contributed by atoms with E-state index >= 15 is 0 Å². The molecule has 1 aromatic carbocycles. The highest BCUT2D eigenvalue weighted by Gasteiger charge is 2.38. The van der Waals surface area contributed by atoms with Crippen molar-refractivity contribution in [2.45, 2.75) is 76.5 Å². The maximum atomic E-state index is 9.61. The van der Waals surface area contributed by atoms with Gasteiger partial charge in [-0.15, -0.1) is 0 Å². The average Bonchev–Trinajstić information content (AvgIpc) is 2.67. The lowest BCUT2D eigenvalue weighted by molar-refractivity contribution is 0.139. The van der Waals surface area contributed by atoms with Crippen molar-refractivity contribution in [2.75, 3.05) is 0 Å². The molecule has 1 aliphatic heterocycles. The number of nitrogens with one attached hydrogen (secondary N) is 2. The minimum Gasteiger partial charge on any atom is -0.508 e. The average molecular weight is 288 g/mol. The molecule has 0 bridgehead atoms. The Morgan fingerprint density at radius 2 is 1.81 bits per heavy atom. The molecule has 3 rings (SSSR count). The zero-order valence-electron chi connectivity index (χ0n) is 13.7. The molecule has 0 aromatic heterocycles. The fraction of sp³-hybridized carbons (Fsp3) is 0.667. The second-order valence-electron chi connectivity index (χ2n) is 8.14. The lowest BCUT2D eigenvalue weighted by atomic mass is 9.79. The van der Waals surface area contributed by atoms with Crippen LogP contribution in [-0.4, -0.2) is 22.2 Å². The minimum atomic E-state index is 0.176. The molecule has 1 fully saturated rings. The van der Waals surface area contributed by atoms with Crippen LogP contribution in [0.1, 0.15) is 64.1 Å². The van der Waals surface area contributed by atoms with Gasteiger partial charge in [-0.2, -0.15) is 0 Å². The Balaban J connectivity index is 1.74. The van der Waals surface area contributed by atoms with Crippen LogP contribution >= 0.6 is 0 Å². The van der Waals surface area contributed by atoms with E-state index in [2.05, 4.69) is 44.4 Å². The van der Waals surface area contributed by atoms with Crippen molar-refractivity contribution < 1.29 is 5.11 Å². The van der Waals surface area contributed by atoms with Crippen LogP contribution in [0.5, 0.6) is 5.75 Å². The smallest absolute Gasteiger partial charge is 0.115 e. The number of hydrogen-bond acceptors (Lipinski definition) is 3. The summed E-state index contributed by atoms with van der Waals surface area (Å²) in [7, 11) is 0. The number of hydrogen-bond donors (Lipinski definition) is 3. The molecular formula is C18H28N2O. The van der Waals surface area contributed by atoms with Gasteiger partial charge in [0.05, 0.1) is 0 Å². The van der Waals surface area contributed by atoms with Gasteiger partial charge in [0.15, 0.2) is 0 Å². The van der Waals surface area contributed by atoms with Crippen molar-refractivity contribution in [3.8, 4) is 5.75 Å². The largest absolute Gasteiger partial charge is 0.508 e. The predicted octanol–water partition coefficient (Wildman–Crippen LogP) is 3.28.